The van der Waals surface area contributed by atoms with Crippen LogP contribution in [0.1, 0.15) is 22.2 Å². The van der Waals surface area contributed by atoms with Crippen LogP contribution in [0.4, 0.5) is 0 Å². The van der Waals surface area contributed by atoms with E-state index >= 15 is 0 Å². The molecule has 2 N–H and O–H groups in total. The Morgan fingerprint density at radius 2 is 1.02 bits per heavy atom. The number of hydrogen-bond donors (Lipinski definition) is 1. The van der Waals surface area contributed by atoms with Crippen LogP contribution in [0, 0.1) is 6.92 Å². The van der Waals surface area contributed by atoms with E-state index in [1.165, 1.54) is 53.8 Å². The van der Waals surface area contributed by atoms with Gasteiger partial charge in [-0.15, -0.1) is 22.7 Å². The molecule has 0 amide bonds. The van der Waals surface area contributed by atoms with Gasteiger partial charge in [-0.3, -0.25) is 0 Å². The number of rotatable bonds is 9. The SMILES string of the molecule is CCc1ccc(S(=O)(=O)c2cc(Br)cc(S(C)(=O)=O)c2)s1.Cc1ccc(-c2cc(S(C)(=O)=O)cc(S(=O)(=O)c3ccc(CN)s3)c2)cc1. The van der Waals surface area contributed by atoms with Gasteiger partial charge in [-0.25, -0.2) is 33.7 Å². The molecule has 2 aromatic heterocycles. The highest BCUT2D eigenvalue weighted by molar-refractivity contribution is 9.10. The summed E-state index contributed by atoms with van der Waals surface area (Å²) in [6.07, 6.45) is 2.87. The van der Waals surface area contributed by atoms with E-state index in [9.17, 15) is 33.7 Å². The zero-order valence-electron chi connectivity index (χ0n) is 26.2. The Morgan fingerprint density at radius 3 is 1.48 bits per heavy atom. The maximum Gasteiger partial charge on any atom is 0.216 e. The predicted octanol–water partition coefficient (Wildman–Crippen LogP) is 6.73. The fraction of sp³-hybridized carbons (Fsp3) is 0.188. The van der Waals surface area contributed by atoms with E-state index in [0.717, 1.165) is 51.2 Å². The summed E-state index contributed by atoms with van der Waals surface area (Å²) >= 11 is 5.45. The summed E-state index contributed by atoms with van der Waals surface area (Å²) in [7, 11) is -14.6. The monoisotopic (exact) mass is 829 g/mol. The third-order valence-electron chi connectivity index (χ3n) is 6.94. The van der Waals surface area contributed by atoms with Crippen molar-refractivity contribution in [3.05, 3.63) is 105 Å². The molecular weight excluding hydrogens is 799 g/mol. The number of thiophene rings is 2. The van der Waals surface area contributed by atoms with Crippen LogP contribution in [0.2, 0.25) is 0 Å². The lowest BCUT2D eigenvalue weighted by molar-refractivity contribution is 0.594. The Bertz CT molecular complexity index is 2410. The summed E-state index contributed by atoms with van der Waals surface area (Å²) in [6.45, 7) is 4.14. The summed E-state index contributed by atoms with van der Waals surface area (Å²) in [5, 5.41) is 0. The molecule has 48 heavy (non-hydrogen) atoms. The molecule has 9 nitrogen and oxygen atoms in total. The Labute approximate surface area is 298 Å². The van der Waals surface area contributed by atoms with Gasteiger partial charge < -0.3 is 5.73 Å². The van der Waals surface area contributed by atoms with Crippen molar-refractivity contribution in [3.8, 4) is 11.1 Å². The van der Waals surface area contributed by atoms with Gasteiger partial charge in [0.2, 0.25) is 19.7 Å². The Morgan fingerprint density at radius 1 is 0.583 bits per heavy atom. The van der Waals surface area contributed by atoms with E-state index < -0.39 is 39.3 Å². The van der Waals surface area contributed by atoms with Crippen molar-refractivity contribution in [3.63, 3.8) is 0 Å². The highest BCUT2D eigenvalue weighted by Crippen LogP contribution is 2.34. The zero-order chi connectivity index (χ0) is 35.7. The van der Waals surface area contributed by atoms with Crippen LogP contribution in [-0.2, 0) is 52.3 Å². The van der Waals surface area contributed by atoms with Crippen LogP contribution in [0.5, 0.6) is 0 Å². The van der Waals surface area contributed by atoms with Crippen LogP contribution in [0.3, 0.4) is 0 Å². The molecular formula is C32H32BrNO8S6. The zero-order valence-corrected chi connectivity index (χ0v) is 32.7. The molecule has 0 fully saturated rings. The number of halogens is 1. The largest absolute Gasteiger partial charge is 0.326 e. The maximum atomic E-state index is 13.1. The number of hydrogen-bond acceptors (Lipinski definition) is 11. The fourth-order valence-electron chi connectivity index (χ4n) is 4.30. The van der Waals surface area contributed by atoms with Crippen molar-refractivity contribution in [2.45, 2.75) is 54.8 Å². The number of benzene rings is 3. The first-order valence-electron chi connectivity index (χ1n) is 14.1. The molecule has 0 aliphatic heterocycles. The number of sulfone groups is 4. The van der Waals surface area contributed by atoms with E-state index in [1.807, 2.05) is 38.1 Å². The van der Waals surface area contributed by atoms with Crippen LogP contribution in [0.15, 0.2) is 117 Å². The normalized spacial score (nSPS) is 12.4. The minimum absolute atomic E-state index is 0.0253. The molecule has 0 radical (unpaired) electrons. The van der Waals surface area contributed by atoms with Gasteiger partial charge in [0.15, 0.2) is 19.7 Å². The van der Waals surface area contributed by atoms with Gasteiger partial charge in [-0.2, -0.15) is 0 Å². The molecule has 16 heteroatoms. The predicted molar refractivity (Wildman–Crippen MR) is 194 cm³/mol. The minimum atomic E-state index is -3.85. The lowest BCUT2D eigenvalue weighted by Crippen LogP contribution is -2.04. The van der Waals surface area contributed by atoms with Gasteiger partial charge in [0.1, 0.15) is 8.42 Å². The first kappa shape index (κ1) is 38.1. The molecule has 256 valence electrons. The standard InChI is InChI=1S/C19H19NO4S3.C13H13BrO4S3/c1-13-3-5-14(6-4-13)15-9-17(26(2,21)22)11-18(10-15)27(23,24)19-8-7-16(12-20)25-19;1-3-10-4-5-13(19-10)21(17,18)12-7-9(14)6-11(8-12)20(2,15)16/h3-11H,12,20H2,1-2H3;4-8H,3H2,1-2H3. The van der Waals surface area contributed by atoms with Crippen LogP contribution >= 0.6 is 38.6 Å². The second-order valence-corrected chi connectivity index (χ2v) is 22.4. The summed E-state index contributed by atoms with van der Waals surface area (Å²) < 4.78 is 99.6. The van der Waals surface area contributed by atoms with Gasteiger partial charge in [-0.1, -0.05) is 52.7 Å². The molecule has 0 saturated heterocycles. The third-order valence-corrected chi connectivity index (χ3v) is 16.4. The number of nitrogens with two attached hydrogens (primary N) is 1. The third kappa shape index (κ3) is 8.90. The quantitative estimate of drug-likeness (QED) is 0.170. The van der Waals surface area contributed by atoms with Crippen molar-refractivity contribution in [1.29, 1.82) is 0 Å². The van der Waals surface area contributed by atoms with E-state index in [0.29, 0.717) is 10.0 Å². The molecule has 0 aliphatic carbocycles. The molecule has 0 saturated carbocycles. The molecule has 5 rings (SSSR count). The van der Waals surface area contributed by atoms with Crippen molar-refractivity contribution >= 4 is 78.0 Å². The molecule has 0 aliphatic rings. The highest BCUT2D eigenvalue weighted by Gasteiger charge is 2.24. The van der Waals surface area contributed by atoms with Crippen molar-refractivity contribution in [2.24, 2.45) is 5.73 Å². The van der Waals surface area contributed by atoms with Gasteiger partial charge in [0, 0.05) is 33.3 Å². The van der Waals surface area contributed by atoms with Gasteiger partial charge >= 0.3 is 0 Å². The van der Waals surface area contributed by atoms with E-state index in [2.05, 4.69) is 15.9 Å². The molecule has 3 aromatic carbocycles. The smallest absolute Gasteiger partial charge is 0.216 e. The van der Waals surface area contributed by atoms with Crippen molar-refractivity contribution < 1.29 is 33.7 Å². The van der Waals surface area contributed by atoms with Gasteiger partial charge in [0.05, 0.1) is 19.6 Å². The van der Waals surface area contributed by atoms with E-state index in [1.54, 1.807) is 18.2 Å². The average Bonchev–Trinajstić information content (AvgIpc) is 3.71. The molecule has 2 heterocycles. The molecule has 0 unspecified atom stereocenters. The van der Waals surface area contributed by atoms with E-state index in [-0.39, 0.29) is 34.5 Å². The Hall–Kier alpha value is -2.70. The highest BCUT2D eigenvalue weighted by atomic mass is 79.9. The second kappa shape index (κ2) is 14.6. The summed E-state index contributed by atoms with van der Waals surface area (Å²) in [4.78, 5) is 1.57. The summed E-state index contributed by atoms with van der Waals surface area (Å²) in [6, 6.07) is 22.2. The Kier molecular flexibility index (Phi) is 11.6. The van der Waals surface area contributed by atoms with Crippen LogP contribution in [0.25, 0.3) is 11.1 Å². The molecule has 0 spiro atoms. The lowest BCUT2D eigenvalue weighted by atomic mass is 10.0. The van der Waals surface area contributed by atoms with Gasteiger partial charge in [0.25, 0.3) is 0 Å². The first-order valence-corrected chi connectivity index (χ1v) is 23.2. The molecule has 5 aromatic rings. The van der Waals surface area contributed by atoms with Crippen molar-refractivity contribution in [2.75, 3.05) is 12.5 Å². The summed E-state index contributed by atoms with van der Waals surface area (Å²) in [5.41, 5.74) is 7.91. The van der Waals surface area contributed by atoms with E-state index in [4.69, 9.17) is 5.73 Å². The fourth-order valence-corrected chi connectivity index (χ4v) is 12.1. The molecule has 0 bridgehead atoms. The maximum absolute atomic E-state index is 13.1. The van der Waals surface area contributed by atoms with Crippen LogP contribution in [-0.4, -0.2) is 46.2 Å². The lowest BCUT2D eigenvalue weighted by Gasteiger charge is -2.10. The minimum Gasteiger partial charge on any atom is -0.326 e. The van der Waals surface area contributed by atoms with Crippen molar-refractivity contribution in [1.82, 2.24) is 0 Å². The Balaban J connectivity index is 0.000000224. The van der Waals surface area contributed by atoms with Crippen LogP contribution < -0.4 is 5.73 Å². The van der Waals surface area contributed by atoms with Gasteiger partial charge in [-0.05, 0) is 85.1 Å². The molecule has 0 atom stereocenters. The first-order chi connectivity index (χ1) is 22.2. The second-order valence-electron chi connectivity index (χ2n) is 10.7. The average molecular weight is 831 g/mol. The summed E-state index contributed by atoms with van der Waals surface area (Å²) in [5.74, 6) is 0. The number of aryl methyl sites for hydroxylation is 2. The topological polar surface area (TPSA) is 163 Å².